The van der Waals surface area contributed by atoms with Crippen LogP contribution in [0.25, 0.3) is 65.3 Å². The Morgan fingerprint density at radius 1 is 0.328 bits per heavy atom. The molecule has 61 heavy (non-hydrogen) atoms. The van der Waals surface area contributed by atoms with E-state index in [2.05, 4.69) is 176 Å². The number of benzene rings is 11. The summed E-state index contributed by atoms with van der Waals surface area (Å²) in [6.07, 6.45) is 0. The van der Waals surface area contributed by atoms with Crippen LogP contribution in [0.2, 0.25) is 0 Å². The molecule has 0 heterocycles. The molecule has 0 aromatic heterocycles. The Balaban J connectivity index is 1.21. The predicted molar refractivity (Wildman–Crippen MR) is 259 cm³/mol. The molecule has 12 rings (SSSR count). The Kier molecular flexibility index (Phi) is 8.11. The minimum Gasteiger partial charge on any atom is -0.309 e. The van der Waals surface area contributed by atoms with E-state index in [1.54, 1.807) is 0 Å². The molecule has 0 fully saturated rings. The molecule has 1 aliphatic rings. The van der Waals surface area contributed by atoms with Crippen LogP contribution in [0.5, 0.6) is 0 Å². The van der Waals surface area contributed by atoms with E-state index in [4.69, 9.17) is 0 Å². The zero-order chi connectivity index (χ0) is 40.5. The van der Waals surface area contributed by atoms with Gasteiger partial charge in [0.1, 0.15) is 0 Å². The third kappa shape index (κ3) is 5.18. The third-order valence-electron chi connectivity index (χ3n) is 13.2. The molecule has 11 aromatic carbocycles. The molecule has 0 N–H and O–H groups in total. The molecule has 11 aromatic rings. The van der Waals surface area contributed by atoms with Crippen LogP contribution >= 0.6 is 7.14 Å². The molecule has 0 unspecified atom stereocenters. The molecular weight excluding hydrogens is 756 g/mol. The van der Waals surface area contributed by atoms with E-state index in [1.807, 2.05) is 60.7 Å². The van der Waals surface area contributed by atoms with Crippen molar-refractivity contribution in [2.45, 2.75) is 5.41 Å². The van der Waals surface area contributed by atoms with Crippen molar-refractivity contribution in [2.24, 2.45) is 0 Å². The topological polar surface area (TPSA) is 17.1 Å². The Morgan fingerprint density at radius 3 is 1.36 bits per heavy atom. The van der Waals surface area contributed by atoms with Crippen LogP contribution in [0.1, 0.15) is 22.3 Å². The summed E-state index contributed by atoms with van der Waals surface area (Å²) >= 11 is 0. The molecule has 2 heteroatoms. The van der Waals surface area contributed by atoms with Crippen LogP contribution in [-0.4, -0.2) is 0 Å². The molecule has 1 nitrogen and oxygen atoms in total. The summed E-state index contributed by atoms with van der Waals surface area (Å²) in [7, 11) is -3.30. The maximum absolute atomic E-state index is 16.1. The molecule has 1 aliphatic carbocycles. The van der Waals surface area contributed by atoms with Gasteiger partial charge in [0, 0.05) is 15.9 Å². The second-order valence-electron chi connectivity index (χ2n) is 16.2. The van der Waals surface area contributed by atoms with Crippen LogP contribution in [0.3, 0.4) is 0 Å². The molecule has 0 radical (unpaired) electrons. The van der Waals surface area contributed by atoms with Gasteiger partial charge in [0.2, 0.25) is 0 Å². The fraction of sp³-hybridized carbons (Fsp3) is 0.0169. The molecule has 0 amide bonds. The van der Waals surface area contributed by atoms with Crippen molar-refractivity contribution in [1.82, 2.24) is 0 Å². The number of rotatable bonds is 6. The number of hydrogen-bond acceptors (Lipinski definition) is 1. The molecule has 0 saturated heterocycles. The minimum atomic E-state index is -3.30. The van der Waals surface area contributed by atoms with Crippen LogP contribution in [0.15, 0.2) is 237 Å². The molecule has 0 aliphatic heterocycles. The second kappa shape index (κ2) is 13.9. The maximum Gasteiger partial charge on any atom is 0.171 e. The van der Waals surface area contributed by atoms with Gasteiger partial charge in [-0.25, -0.2) is 0 Å². The van der Waals surface area contributed by atoms with E-state index in [0.29, 0.717) is 0 Å². The fourth-order valence-corrected chi connectivity index (χ4v) is 13.3. The van der Waals surface area contributed by atoms with E-state index in [1.165, 1.54) is 76.5 Å². The monoisotopic (exact) mass is 794 g/mol. The van der Waals surface area contributed by atoms with Gasteiger partial charge in [0.25, 0.3) is 0 Å². The van der Waals surface area contributed by atoms with Gasteiger partial charge in [0.05, 0.1) is 5.41 Å². The average Bonchev–Trinajstić information content (AvgIpc) is 3.64. The summed E-state index contributed by atoms with van der Waals surface area (Å²) < 4.78 is 16.1. The Hall–Kier alpha value is -7.31. The van der Waals surface area contributed by atoms with E-state index in [0.717, 1.165) is 27.0 Å². The first kappa shape index (κ1) is 35.6. The van der Waals surface area contributed by atoms with E-state index >= 15 is 4.57 Å². The first-order valence-corrected chi connectivity index (χ1v) is 22.7. The van der Waals surface area contributed by atoms with Gasteiger partial charge < -0.3 is 4.57 Å². The lowest BCUT2D eigenvalue weighted by Gasteiger charge is -2.34. The highest BCUT2D eigenvalue weighted by Crippen LogP contribution is 2.58. The summed E-state index contributed by atoms with van der Waals surface area (Å²) in [4.78, 5) is 0. The third-order valence-corrected chi connectivity index (χ3v) is 16.2. The lowest BCUT2D eigenvalue weighted by molar-refractivity contribution is 0.592. The SMILES string of the molecule is O=P(c1ccccc1)(c1ccccc1)c1ccc2c(c1)C(c1ccccc1)(c1ccccc1)c1cc(-c3c4ccccc4cc4c5ccccc5c5ccccc5c34)ccc1-2. The number of hydrogen-bond donors (Lipinski definition) is 0. The van der Waals surface area contributed by atoms with Crippen molar-refractivity contribution in [3.63, 3.8) is 0 Å². The van der Waals surface area contributed by atoms with Crippen molar-refractivity contribution < 1.29 is 4.57 Å². The first-order chi connectivity index (χ1) is 30.2. The van der Waals surface area contributed by atoms with Gasteiger partial charge in [-0.15, -0.1) is 0 Å². The van der Waals surface area contributed by atoms with E-state index in [-0.39, 0.29) is 0 Å². The second-order valence-corrected chi connectivity index (χ2v) is 19.0. The Labute approximate surface area is 355 Å². The summed E-state index contributed by atoms with van der Waals surface area (Å²) in [5, 5.41) is 12.5. The summed E-state index contributed by atoms with van der Waals surface area (Å²) in [5.74, 6) is 0. The van der Waals surface area contributed by atoms with Gasteiger partial charge in [0.15, 0.2) is 7.14 Å². The van der Waals surface area contributed by atoms with Crippen LogP contribution in [-0.2, 0) is 9.98 Å². The van der Waals surface area contributed by atoms with Crippen LogP contribution < -0.4 is 15.9 Å². The van der Waals surface area contributed by atoms with Crippen molar-refractivity contribution in [3.05, 3.63) is 259 Å². The predicted octanol–water partition coefficient (Wildman–Crippen LogP) is 14.0. The normalized spacial score (nSPS) is 13.1. The average molecular weight is 795 g/mol. The molecule has 0 spiro atoms. The van der Waals surface area contributed by atoms with Gasteiger partial charge in [-0.1, -0.05) is 218 Å². The molecular formula is C59H39OP. The van der Waals surface area contributed by atoms with Gasteiger partial charge in [-0.2, -0.15) is 0 Å². The lowest BCUT2D eigenvalue weighted by atomic mass is 9.67. The summed E-state index contributed by atoms with van der Waals surface area (Å²) in [5.41, 5.74) is 8.74. The molecule has 0 atom stereocenters. The van der Waals surface area contributed by atoms with Gasteiger partial charge in [-0.3, -0.25) is 0 Å². The van der Waals surface area contributed by atoms with Gasteiger partial charge >= 0.3 is 0 Å². The zero-order valence-corrected chi connectivity index (χ0v) is 34.3. The van der Waals surface area contributed by atoms with Gasteiger partial charge in [-0.05, 0) is 106 Å². The van der Waals surface area contributed by atoms with Crippen LogP contribution in [0, 0.1) is 0 Å². The van der Waals surface area contributed by atoms with Crippen molar-refractivity contribution in [3.8, 4) is 22.3 Å². The standard InChI is InChI=1S/C59H39OP/c60-61(44-24-9-3-10-25-44,45-26-11-4-12-27-45)46-34-36-52-51-35-33-41(38-55(51)59(56(52)39-46,42-20-5-1-6-21-42)43-22-7-2-8-23-43)57-47-28-14-13-19-40(47)37-54-50-31-16-15-29-48(50)49-30-17-18-32-53(49)58(54)57/h1-39H. The van der Waals surface area contributed by atoms with E-state index in [9.17, 15) is 0 Å². The molecule has 286 valence electrons. The Bertz CT molecular complexity index is 3460. The quantitative estimate of drug-likeness (QED) is 0.0931. The smallest absolute Gasteiger partial charge is 0.171 e. The zero-order valence-electron chi connectivity index (χ0n) is 33.4. The molecule has 0 saturated carbocycles. The highest BCUT2D eigenvalue weighted by Gasteiger charge is 2.47. The van der Waals surface area contributed by atoms with Crippen molar-refractivity contribution in [2.75, 3.05) is 0 Å². The van der Waals surface area contributed by atoms with Crippen molar-refractivity contribution in [1.29, 1.82) is 0 Å². The largest absolute Gasteiger partial charge is 0.309 e. The Morgan fingerprint density at radius 2 is 0.770 bits per heavy atom. The van der Waals surface area contributed by atoms with Crippen molar-refractivity contribution >= 4 is 66.1 Å². The first-order valence-electron chi connectivity index (χ1n) is 21.0. The highest BCUT2D eigenvalue weighted by atomic mass is 31.2. The molecule has 0 bridgehead atoms. The van der Waals surface area contributed by atoms with Crippen LogP contribution in [0.4, 0.5) is 0 Å². The summed E-state index contributed by atoms with van der Waals surface area (Å²) in [6.45, 7) is 0. The number of fused-ring (bicyclic) bond motifs is 10. The maximum atomic E-state index is 16.1. The minimum absolute atomic E-state index is 0.716. The van der Waals surface area contributed by atoms with E-state index < -0.39 is 12.6 Å². The lowest BCUT2D eigenvalue weighted by Crippen LogP contribution is -2.31. The summed E-state index contributed by atoms with van der Waals surface area (Å²) in [6, 6.07) is 84.7. The highest BCUT2D eigenvalue weighted by molar-refractivity contribution is 7.85. The fourth-order valence-electron chi connectivity index (χ4n) is 10.6.